The second-order valence-electron chi connectivity index (χ2n) is 7.16. The van der Waals surface area contributed by atoms with Crippen molar-refractivity contribution in [3.8, 4) is 17.2 Å². The molecule has 0 spiro atoms. The van der Waals surface area contributed by atoms with Crippen molar-refractivity contribution in [1.82, 2.24) is 20.0 Å². The van der Waals surface area contributed by atoms with E-state index in [9.17, 15) is 31.4 Å². The van der Waals surface area contributed by atoms with Crippen LogP contribution in [0.3, 0.4) is 0 Å². The first-order valence-corrected chi connectivity index (χ1v) is 12.1. The van der Waals surface area contributed by atoms with Crippen LogP contribution in [0.2, 0.25) is 0 Å². The number of aromatic nitrogens is 4. The molecule has 3 heterocycles. The van der Waals surface area contributed by atoms with Gasteiger partial charge in [-0.1, -0.05) is 5.16 Å². The molecule has 0 aliphatic carbocycles. The summed E-state index contributed by atoms with van der Waals surface area (Å²) in [5.41, 5.74) is 0.173. The molecule has 0 atom stereocenters. The molecule has 34 heavy (non-hydrogen) atoms. The van der Waals surface area contributed by atoms with Crippen LogP contribution in [0.1, 0.15) is 12.8 Å². The Balaban J connectivity index is 1.55. The van der Waals surface area contributed by atoms with Crippen LogP contribution < -0.4 is 11.1 Å². The molecule has 182 valence electrons. The number of rotatable bonds is 4. The number of anilines is 1. The molecule has 17 heteroatoms. The fraction of sp³-hybridized carbons (Fsp3) is 0.353. The molecule has 1 N–H and O–H groups in total. The summed E-state index contributed by atoms with van der Waals surface area (Å²) in [6.07, 6.45) is -4.97. The summed E-state index contributed by atoms with van der Waals surface area (Å²) in [7, 11) is -3.35. The molecule has 1 amide bonds. The number of halogens is 5. The Kier molecular flexibility index (Phi) is 6.32. The van der Waals surface area contributed by atoms with Gasteiger partial charge in [0.15, 0.2) is 5.69 Å². The van der Waals surface area contributed by atoms with E-state index in [1.807, 2.05) is 0 Å². The Hall–Kier alpha value is -3.08. The average molecular weight is 569 g/mol. The number of nitrogens with zero attached hydrogens (tertiary/aromatic N) is 5. The van der Waals surface area contributed by atoms with E-state index >= 15 is 0 Å². The Bertz CT molecular complexity index is 1410. The second-order valence-corrected chi connectivity index (χ2v) is 10.6. The third kappa shape index (κ3) is 4.89. The molecule has 0 bridgehead atoms. The molecule has 0 unspecified atom stereocenters. The van der Waals surface area contributed by atoms with Crippen molar-refractivity contribution in [2.75, 3.05) is 16.8 Å². The Morgan fingerprint density at radius 2 is 1.94 bits per heavy atom. The van der Waals surface area contributed by atoms with E-state index in [2.05, 4.69) is 41.1 Å². The predicted molar refractivity (Wildman–Crippen MR) is 111 cm³/mol. The van der Waals surface area contributed by atoms with Crippen LogP contribution in [-0.4, -0.2) is 53.9 Å². The Labute approximate surface area is 195 Å². The zero-order valence-electron chi connectivity index (χ0n) is 16.7. The summed E-state index contributed by atoms with van der Waals surface area (Å²) in [6, 6.07) is 3.33. The lowest BCUT2D eigenvalue weighted by molar-refractivity contribution is -0.169. The maximum absolute atomic E-state index is 13.6. The van der Waals surface area contributed by atoms with Gasteiger partial charge in [-0.2, -0.15) is 17.5 Å². The van der Waals surface area contributed by atoms with Gasteiger partial charge in [0.05, 0.1) is 19.9 Å². The highest BCUT2D eigenvalue weighted by Crippen LogP contribution is 2.28. The lowest BCUT2D eigenvalue weighted by atomic mass is 10.1. The molecule has 4 rings (SSSR count). The third-order valence-electron chi connectivity index (χ3n) is 4.87. The number of amides is 1. The zero-order chi connectivity index (χ0) is 24.7. The highest BCUT2D eigenvalue weighted by atomic mass is 79.9. The number of carbonyl (C=O) groups is 1. The molecule has 2 aromatic heterocycles. The van der Waals surface area contributed by atoms with Gasteiger partial charge >= 0.3 is 17.8 Å². The topological polar surface area (TPSA) is 145 Å². The molecular weight excluding hydrogens is 556 g/mol. The second kappa shape index (κ2) is 8.94. The van der Waals surface area contributed by atoms with E-state index in [1.54, 1.807) is 0 Å². The molecule has 1 aliphatic rings. The maximum atomic E-state index is 13.6. The molecule has 1 fully saturated rings. The maximum Gasteiger partial charge on any atom is 0.474 e. The summed E-state index contributed by atoms with van der Waals surface area (Å²) in [4.78, 5) is 23.3. The van der Waals surface area contributed by atoms with E-state index in [-0.39, 0.29) is 51.8 Å². The average Bonchev–Trinajstić information content (AvgIpc) is 3.37. The van der Waals surface area contributed by atoms with Gasteiger partial charge in [-0.15, -0.1) is 0 Å². The lowest BCUT2D eigenvalue weighted by Crippen LogP contribution is -2.34. The van der Waals surface area contributed by atoms with Gasteiger partial charge in [-0.05, 0) is 57.3 Å². The summed E-state index contributed by atoms with van der Waals surface area (Å²) < 4.78 is 76.9. The van der Waals surface area contributed by atoms with Crippen LogP contribution in [0, 0.1) is 5.82 Å². The molecule has 11 nitrogen and oxygen atoms in total. The molecule has 0 saturated carbocycles. The summed E-state index contributed by atoms with van der Waals surface area (Å²) in [6.45, 7) is 0. The van der Waals surface area contributed by atoms with Crippen molar-refractivity contribution in [2.45, 2.75) is 25.1 Å². The van der Waals surface area contributed by atoms with Crippen LogP contribution in [-0.2, 0) is 14.5 Å². The van der Waals surface area contributed by atoms with Gasteiger partial charge in [0.1, 0.15) is 5.82 Å². The van der Waals surface area contributed by atoms with Gasteiger partial charge in [-0.25, -0.2) is 22.6 Å². The van der Waals surface area contributed by atoms with E-state index in [1.165, 1.54) is 12.1 Å². The summed E-state index contributed by atoms with van der Waals surface area (Å²) >= 11 is 3.03. The van der Waals surface area contributed by atoms with Crippen molar-refractivity contribution in [1.29, 1.82) is 0 Å². The smallest absolute Gasteiger partial charge is 0.362 e. The standard InChI is InChI=1S/C17H13BrF4N6O5S/c18-10-7-9(1-2-11(10)19)28-14(26-32-16(28)30)12-13(25-33-24-12)23-8-3-5-34(31,6-4-8)27-15(29)17(20,21)22/h1-2,7-8H,3-6H2,(H,23,25). The van der Waals surface area contributed by atoms with Crippen molar-refractivity contribution < 1.29 is 35.7 Å². The summed E-state index contributed by atoms with van der Waals surface area (Å²) in [5, 5.41) is 14.1. The number of alkyl halides is 3. The van der Waals surface area contributed by atoms with Crippen LogP contribution in [0.5, 0.6) is 0 Å². The van der Waals surface area contributed by atoms with Crippen LogP contribution in [0.15, 0.2) is 41.0 Å². The fourth-order valence-corrected chi connectivity index (χ4v) is 5.68. The van der Waals surface area contributed by atoms with Crippen LogP contribution in [0.25, 0.3) is 17.2 Å². The minimum Gasteiger partial charge on any atom is -0.362 e. The first-order chi connectivity index (χ1) is 16.0. The van der Waals surface area contributed by atoms with Crippen molar-refractivity contribution in [3.63, 3.8) is 0 Å². The predicted octanol–water partition coefficient (Wildman–Crippen LogP) is 2.91. The minimum atomic E-state index is -5.19. The van der Waals surface area contributed by atoms with Crippen molar-refractivity contribution in [3.05, 3.63) is 39.0 Å². The quantitative estimate of drug-likeness (QED) is 0.469. The summed E-state index contributed by atoms with van der Waals surface area (Å²) in [5.74, 6) is -4.39. The first kappa shape index (κ1) is 24.1. The number of nitrogens with one attached hydrogen (secondary N) is 1. The number of benzene rings is 1. The molecule has 1 aliphatic heterocycles. The van der Waals surface area contributed by atoms with E-state index in [0.717, 1.165) is 10.6 Å². The van der Waals surface area contributed by atoms with Gasteiger partial charge in [0.2, 0.25) is 11.6 Å². The third-order valence-corrected chi connectivity index (χ3v) is 7.72. The first-order valence-electron chi connectivity index (χ1n) is 9.44. The van der Waals surface area contributed by atoms with Crippen molar-refractivity contribution >= 4 is 37.4 Å². The molecule has 0 radical (unpaired) electrons. The SMILES string of the molecule is O=C(N=S1(=O)CCC(Nc2nonc2-c2noc(=O)n2-c2ccc(F)c(Br)c2)CC1)C(F)(F)F. The van der Waals surface area contributed by atoms with Crippen molar-refractivity contribution in [2.24, 2.45) is 4.36 Å². The van der Waals surface area contributed by atoms with E-state index in [0.29, 0.717) is 0 Å². The molecule has 3 aromatic rings. The molecule has 1 saturated heterocycles. The number of carbonyl (C=O) groups excluding carboxylic acids is 1. The monoisotopic (exact) mass is 568 g/mol. The molecular formula is C17H13BrF4N6O5S. The largest absolute Gasteiger partial charge is 0.474 e. The van der Waals surface area contributed by atoms with Gasteiger partial charge < -0.3 is 5.32 Å². The van der Waals surface area contributed by atoms with Gasteiger partial charge in [-0.3, -0.25) is 9.32 Å². The fourth-order valence-electron chi connectivity index (χ4n) is 3.21. The molecule has 1 aromatic carbocycles. The van der Waals surface area contributed by atoms with E-state index < -0.39 is 39.4 Å². The normalized spacial score (nSPS) is 20.8. The lowest BCUT2D eigenvalue weighted by Gasteiger charge is -2.25. The van der Waals surface area contributed by atoms with Crippen LogP contribution >= 0.6 is 15.9 Å². The highest BCUT2D eigenvalue weighted by Gasteiger charge is 2.40. The van der Waals surface area contributed by atoms with Crippen LogP contribution in [0.4, 0.5) is 23.4 Å². The number of hydrogen-bond donors (Lipinski definition) is 1. The highest BCUT2D eigenvalue weighted by molar-refractivity contribution is 9.10. The minimum absolute atomic E-state index is 0.0323. The van der Waals surface area contributed by atoms with Gasteiger partial charge in [0.25, 0.3) is 0 Å². The van der Waals surface area contributed by atoms with E-state index in [4.69, 9.17) is 9.15 Å². The Morgan fingerprint density at radius 3 is 2.59 bits per heavy atom. The Morgan fingerprint density at radius 1 is 1.24 bits per heavy atom. The van der Waals surface area contributed by atoms with Gasteiger partial charge in [0, 0.05) is 17.5 Å². The number of hydrogen-bond acceptors (Lipinski definition) is 9. The zero-order valence-corrected chi connectivity index (χ0v) is 19.1.